The molecule has 122 valence electrons. The topological polar surface area (TPSA) is 70.4 Å². The summed E-state index contributed by atoms with van der Waals surface area (Å²) in [5, 5.41) is 0.150. The molecule has 0 saturated carbocycles. The van der Waals surface area contributed by atoms with E-state index in [9.17, 15) is 9.59 Å². The number of hydrogen-bond acceptors (Lipinski definition) is 5. The van der Waals surface area contributed by atoms with Gasteiger partial charge in [0.1, 0.15) is 16.6 Å². The minimum atomic E-state index is -0.504. The quantitative estimate of drug-likeness (QED) is 0.755. The zero-order chi connectivity index (χ0) is 16.8. The molecule has 0 bridgehead atoms. The van der Waals surface area contributed by atoms with Crippen LogP contribution in [0.4, 0.5) is 0 Å². The Labute approximate surface area is 138 Å². The van der Waals surface area contributed by atoms with Crippen molar-refractivity contribution in [1.29, 1.82) is 0 Å². The molecule has 6 nitrogen and oxygen atoms in total. The molecule has 0 spiro atoms. The monoisotopic (exact) mass is 336 g/mol. The van der Waals surface area contributed by atoms with Gasteiger partial charge in [0.25, 0.3) is 5.56 Å². The Hall–Kier alpha value is -2.34. The predicted molar refractivity (Wildman–Crippen MR) is 85.9 cm³/mol. The fourth-order valence-corrected chi connectivity index (χ4v) is 2.29. The summed E-state index contributed by atoms with van der Waals surface area (Å²) >= 11 is 5.95. The summed E-state index contributed by atoms with van der Waals surface area (Å²) in [5.74, 6) is 0.229. The number of ether oxygens (including phenoxy) is 2. The summed E-state index contributed by atoms with van der Waals surface area (Å²) < 4.78 is 11.4. The lowest BCUT2D eigenvalue weighted by Crippen LogP contribution is -2.27. The van der Waals surface area contributed by atoms with Crippen LogP contribution in [0.25, 0.3) is 0 Å². The molecule has 23 heavy (non-hydrogen) atoms. The zero-order valence-electron chi connectivity index (χ0n) is 12.9. The van der Waals surface area contributed by atoms with E-state index in [4.69, 9.17) is 21.1 Å². The first kappa shape index (κ1) is 17.0. The number of methoxy groups -OCH3 is 1. The molecule has 0 N–H and O–H groups in total. The SMILES string of the molecule is CCOC(=O)Cc1nc(Cl)cn(Cc2ccc(OC)cc2)c1=O. The highest BCUT2D eigenvalue weighted by atomic mass is 35.5. The lowest BCUT2D eigenvalue weighted by atomic mass is 10.2. The van der Waals surface area contributed by atoms with E-state index < -0.39 is 5.97 Å². The molecule has 0 radical (unpaired) electrons. The first-order valence-electron chi connectivity index (χ1n) is 7.08. The smallest absolute Gasteiger partial charge is 0.312 e. The Balaban J connectivity index is 2.26. The summed E-state index contributed by atoms with van der Waals surface area (Å²) in [6.07, 6.45) is 1.25. The number of halogens is 1. The van der Waals surface area contributed by atoms with E-state index >= 15 is 0 Å². The van der Waals surface area contributed by atoms with Gasteiger partial charge in [0.15, 0.2) is 0 Å². The largest absolute Gasteiger partial charge is 0.497 e. The highest BCUT2D eigenvalue weighted by Crippen LogP contribution is 2.12. The first-order chi connectivity index (χ1) is 11.0. The Morgan fingerprint density at radius 2 is 2.00 bits per heavy atom. The number of benzene rings is 1. The van der Waals surface area contributed by atoms with Gasteiger partial charge in [0.05, 0.1) is 26.7 Å². The van der Waals surface area contributed by atoms with Gasteiger partial charge >= 0.3 is 5.97 Å². The average molecular weight is 337 g/mol. The third kappa shape index (κ3) is 4.56. The standard InChI is InChI=1S/C16H17ClN2O4/c1-3-23-15(20)8-13-16(21)19(10-14(17)18-13)9-11-4-6-12(22-2)7-5-11/h4-7,10H,3,8-9H2,1-2H3. The van der Waals surface area contributed by atoms with Crippen LogP contribution in [-0.4, -0.2) is 29.2 Å². The summed E-state index contributed by atoms with van der Waals surface area (Å²) in [5.41, 5.74) is 0.611. The normalized spacial score (nSPS) is 10.4. The van der Waals surface area contributed by atoms with Crippen LogP contribution in [-0.2, 0) is 22.5 Å². The number of aromatic nitrogens is 2. The van der Waals surface area contributed by atoms with Crippen LogP contribution in [0, 0.1) is 0 Å². The summed E-state index contributed by atoms with van der Waals surface area (Å²) in [6, 6.07) is 7.32. The summed E-state index contributed by atoms with van der Waals surface area (Å²) in [4.78, 5) is 27.9. The second-order valence-corrected chi connectivity index (χ2v) is 5.16. The molecule has 0 atom stereocenters. The van der Waals surface area contributed by atoms with Crippen molar-refractivity contribution in [2.45, 2.75) is 19.9 Å². The van der Waals surface area contributed by atoms with E-state index in [1.54, 1.807) is 14.0 Å². The van der Waals surface area contributed by atoms with Crippen LogP contribution >= 0.6 is 11.6 Å². The third-order valence-corrected chi connectivity index (χ3v) is 3.32. The fourth-order valence-electron chi connectivity index (χ4n) is 2.07. The average Bonchev–Trinajstić information content (AvgIpc) is 2.53. The Morgan fingerprint density at radius 1 is 1.30 bits per heavy atom. The zero-order valence-corrected chi connectivity index (χ0v) is 13.7. The van der Waals surface area contributed by atoms with E-state index in [0.29, 0.717) is 6.54 Å². The Bertz CT molecular complexity index is 741. The van der Waals surface area contributed by atoms with Crippen LogP contribution in [0.15, 0.2) is 35.3 Å². The van der Waals surface area contributed by atoms with E-state index in [2.05, 4.69) is 4.98 Å². The maximum Gasteiger partial charge on any atom is 0.312 e. The van der Waals surface area contributed by atoms with Gasteiger partial charge in [0, 0.05) is 6.20 Å². The molecule has 0 aliphatic heterocycles. The molecule has 0 saturated heterocycles. The maximum absolute atomic E-state index is 12.4. The summed E-state index contributed by atoms with van der Waals surface area (Å²) in [7, 11) is 1.59. The van der Waals surface area contributed by atoms with Gasteiger partial charge in [-0.3, -0.25) is 9.59 Å². The number of carbonyl (C=O) groups is 1. The van der Waals surface area contributed by atoms with Gasteiger partial charge in [0.2, 0.25) is 0 Å². The van der Waals surface area contributed by atoms with Crippen LogP contribution in [0.2, 0.25) is 5.15 Å². The van der Waals surface area contributed by atoms with E-state index in [1.165, 1.54) is 10.8 Å². The molecule has 2 aromatic rings. The lowest BCUT2D eigenvalue weighted by Gasteiger charge is -2.09. The van der Waals surface area contributed by atoms with Gasteiger partial charge < -0.3 is 14.0 Å². The number of esters is 1. The molecule has 0 unspecified atom stereocenters. The minimum absolute atomic E-state index is 0.0736. The third-order valence-electron chi connectivity index (χ3n) is 3.14. The van der Waals surface area contributed by atoms with Gasteiger partial charge in [-0.1, -0.05) is 23.7 Å². The molecular formula is C16H17ClN2O4. The van der Waals surface area contributed by atoms with Crippen molar-refractivity contribution in [1.82, 2.24) is 9.55 Å². The van der Waals surface area contributed by atoms with Crippen molar-refractivity contribution in [3.05, 3.63) is 57.2 Å². The van der Waals surface area contributed by atoms with Crippen LogP contribution in [0.3, 0.4) is 0 Å². The molecule has 0 aliphatic rings. The van der Waals surface area contributed by atoms with Crippen molar-refractivity contribution < 1.29 is 14.3 Å². The van der Waals surface area contributed by atoms with Crippen LogP contribution in [0.5, 0.6) is 5.75 Å². The maximum atomic E-state index is 12.4. The van der Waals surface area contributed by atoms with E-state index in [0.717, 1.165) is 11.3 Å². The van der Waals surface area contributed by atoms with E-state index in [-0.39, 0.29) is 29.4 Å². The number of hydrogen-bond donors (Lipinski definition) is 0. The molecule has 1 aromatic carbocycles. The highest BCUT2D eigenvalue weighted by molar-refractivity contribution is 6.29. The number of nitrogens with zero attached hydrogens (tertiary/aromatic N) is 2. The predicted octanol–water partition coefficient (Wildman–Crippen LogP) is 2.06. The number of rotatable bonds is 6. The number of carbonyl (C=O) groups excluding carboxylic acids is 1. The second-order valence-electron chi connectivity index (χ2n) is 4.77. The summed E-state index contributed by atoms with van der Waals surface area (Å²) in [6.45, 7) is 2.27. The van der Waals surface area contributed by atoms with Crippen molar-refractivity contribution in [3.8, 4) is 5.75 Å². The first-order valence-corrected chi connectivity index (χ1v) is 7.45. The van der Waals surface area contributed by atoms with Gasteiger partial charge in [-0.05, 0) is 24.6 Å². The minimum Gasteiger partial charge on any atom is -0.497 e. The molecule has 0 fully saturated rings. The molecule has 2 rings (SSSR count). The molecule has 0 aliphatic carbocycles. The molecule has 1 aromatic heterocycles. The van der Waals surface area contributed by atoms with Crippen molar-refractivity contribution >= 4 is 17.6 Å². The second kappa shape index (κ2) is 7.78. The highest BCUT2D eigenvalue weighted by Gasteiger charge is 2.13. The molecule has 1 heterocycles. The van der Waals surface area contributed by atoms with Gasteiger partial charge in [-0.2, -0.15) is 0 Å². The van der Waals surface area contributed by atoms with Crippen LogP contribution in [0.1, 0.15) is 18.2 Å². The van der Waals surface area contributed by atoms with Crippen molar-refractivity contribution in [2.24, 2.45) is 0 Å². The van der Waals surface area contributed by atoms with E-state index in [1.807, 2.05) is 24.3 Å². The Kier molecular flexibility index (Phi) is 5.76. The lowest BCUT2D eigenvalue weighted by molar-refractivity contribution is -0.142. The van der Waals surface area contributed by atoms with Crippen molar-refractivity contribution in [3.63, 3.8) is 0 Å². The van der Waals surface area contributed by atoms with Crippen molar-refractivity contribution in [2.75, 3.05) is 13.7 Å². The molecule has 0 amide bonds. The Morgan fingerprint density at radius 3 is 2.61 bits per heavy atom. The van der Waals surface area contributed by atoms with Gasteiger partial charge in [-0.15, -0.1) is 0 Å². The fraction of sp³-hybridized carbons (Fsp3) is 0.312. The van der Waals surface area contributed by atoms with Crippen LogP contribution < -0.4 is 10.3 Å². The molecule has 7 heteroatoms. The molecular weight excluding hydrogens is 320 g/mol. The van der Waals surface area contributed by atoms with Gasteiger partial charge in [-0.25, -0.2) is 4.98 Å².